The normalized spacial score (nSPS) is 31.2. The van der Waals surface area contributed by atoms with E-state index >= 15 is 0 Å². The number of rotatable bonds is 6. The summed E-state index contributed by atoms with van der Waals surface area (Å²) in [5, 5.41) is 13.1. The van der Waals surface area contributed by atoms with E-state index in [9.17, 15) is 27.9 Å². The van der Waals surface area contributed by atoms with E-state index in [1.165, 1.54) is 0 Å². The van der Waals surface area contributed by atoms with E-state index in [1.807, 2.05) is 18.2 Å². The molecule has 2 aromatic rings. The van der Waals surface area contributed by atoms with Crippen LogP contribution in [0.2, 0.25) is 0 Å². The molecule has 2 N–H and O–H groups in total. The molecule has 1 amide bonds. The third-order valence-electron chi connectivity index (χ3n) is 12.1. The summed E-state index contributed by atoms with van der Waals surface area (Å²) in [6, 6.07) is 5.64. The van der Waals surface area contributed by atoms with Crippen molar-refractivity contribution in [1.82, 2.24) is 19.7 Å². The first kappa shape index (κ1) is 32.1. The summed E-state index contributed by atoms with van der Waals surface area (Å²) in [6.45, 7) is 2.80. The van der Waals surface area contributed by atoms with Gasteiger partial charge in [0.2, 0.25) is 5.95 Å². The van der Waals surface area contributed by atoms with Crippen LogP contribution in [0.3, 0.4) is 0 Å². The van der Waals surface area contributed by atoms with Crippen LogP contribution >= 0.6 is 11.8 Å². The van der Waals surface area contributed by atoms with Crippen LogP contribution in [0.25, 0.3) is 0 Å². The Balaban J connectivity index is 1.11. The molecule has 10 nitrogen and oxygen atoms in total. The number of carboxylic acids is 1. The first-order chi connectivity index (χ1) is 22.9. The zero-order chi connectivity index (χ0) is 33.4. The molecule has 4 saturated carbocycles. The van der Waals surface area contributed by atoms with Crippen LogP contribution in [0.15, 0.2) is 24.4 Å². The summed E-state index contributed by atoms with van der Waals surface area (Å²) in [6.07, 6.45) is 2.51. The molecule has 0 unspecified atom stereocenters. The Morgan fingerprint density at radius 1 is 1.04 bits per heavy atom. The fourth-order valence-corrected chi connectivity index (χ4v) is 10.1. The van der Waals surface area contributed by atoms with Crippen LogP contribution in [-0.2, 0) is 21.1 Å². The van der Waals surface area contributed by atoms with Gasteiger partial charge < -0.3 is 24.8 Å². The molecule has 4 aliphatic carbocycles. The lowest BCUT2D eigenvalue weighted by Crippen LogP contribution is -2.70. The number of anilines is 2. The van der Waals surface area contributed by atoms with Gasteiger partial charge in [0.05, 0.1) is 5.56 Å². The maximum Gasteiger partial charge on any atom is 0.434 e. The van der Waals surface area contributed by atoms with Gasteiger partial charge in [-0.2, -0.15) is 13.2 Å². The molecule has 6 fully saturated rings. The average Bonchev–Trinajstić information content (AvgIpc) is 3.35. The maximum atomic E-state index is 14.7. The number of hydrogen-bond acceptors (Lipinski definition) is 8. The van der Waals surface area contributed by atoms with Crippen molar-refractivity contribution >= 4 is 35.3 Å². The molecule has 1 aromatic heterocycles. The standard InChI is InChI=1S/C34H39ClF3N5O5/c35-42-7-3-23(4-8-42)48-24-1-2-27-26(16-24)32(5-9-47-10-6-32)18-43(27)31-39-17-25(28(40-31)34(36,37)38)29(44)41-33(30(45)46)21-12-19-11-20(14-21)15-22(33)13-19/h1-2,16-17,19-23H,3-15,18H2,(H,41,44)(H,45,46). The Labute approximate surface area is 281 Å². The van der Waals surface area contributed by atoms with Gasteiger partial charge in [0.1, 0.15) is 17.4 Å². The van der Waals surface area contributed by atoms with Crippen LogP contribution < -0.4 is 15.0 Å². The predicted octanol–water partition coefficient (Wildman–Crippen LogP) is 5.70. The van der Waals surface area contributed by atoms with Gasteiger partial charge in [0.15, 0.2) is 5.69 Å². The van der Waals surface area contributed by atoms with Crippen LogP contribution in [0, 0.1) is 23.7 Å². The summed E-state index contributed by atoms with van der Waals surface area (Å²) >= 11 is 6.12. The molecule has 14 heteroatoms. The second kappa shape index (κ2) is 11.7. The molecule has 2 saturated heterocycles. The number of piperidine rings is 1. The van der Waals surface area contributed by atoms with Crippen LogP contribution in [0.4, 0.5) is 24.8 Å². The zero-order valence-corrected chi connectivity index (χ0v) is 27.2. The fourth-order valence-electron chi connectivity index (χ4n) is 9.90. The molecule has 9 rings (SSSR count). The summed E-state index contributed by atoms with van der Waals surface area (Å²) in [5.74, 6) is -1.59. The Morgan fingerprint density at radius 2 is 1.71 bits per heavy atom. The number of carboxylic acid groups (broad SMARTS) is 1. The largest absolute Gasteiger partial charge is 0.490 e. The number of alkyl halides is 3. The quantitative estimate of drug-likeness (QED) is 0.369. The monoisotopic (exact) mass is 689 g/mol. The Bertz CT molecular complexity index is 1580. The Hall–Kier alpha value is -3.16. The number of amides is 1. The van der Waals surface area contributed by atoms with Crippen molar-refractivity contribution in [3.63, 3.8) is 0 Å². The lowest BCUT2D eigenvalue weighted by Gasteiger charge is -2.59. The highest BCUT2D eigenvalue weighted by atomic mass is 35.5. The SMILES string of the molecule is O=C(NC1(C(=O)O)C2CC3CC(C2)CC1C3)c1cnc(N2CC3(CCOCC3)c3cc(OC4CCN(Cl)CC4)ccc32)nc1C(F)(F)F. The molecular weight excluding hydrogens is 651 g/mol. The van der Waals surface area contributed by atoms with Gasteiger partial charge in [-0.3, -0.25) is 4.79 Å². The molecule has 48 heavy (non-hydrogen) atoms. The summed E-state index contributed by atoms with van der Waals surface area (Å²) in [4.78, 5) is 36.5. The number of carbonyl (C=O) groups is 2. The zero-order valence-electron chi connectivity index (χ0n) is 26.5. The second-order valence-corrected chi connectivity index (χ2v) is 15.2. The molecule has 7 aliphatic rings. The molecule has 1 aromatic carbocycles. The van der Waals surface area contributed by atoms with Gasteiger partial charge in [0.25, 0.3) is 5.91 Å². The molecule has 258 valence electrons. The molecule has 0 radical (unpaired) electrons. The highest BCUT2D eigenvalue weighted by Gasteiger charge is 2.62. The van der Waals surface area contributed by atoms with Gasteiger partial charge in [-0.05, 0) is 117 Å². The van der Waals surface area contributed by atoms with Gasteiger partial charge >= 0.3 is 12.1 Å². The third-order valence-corrected chi connectivity index (χ3v) is 12.4. The molecule has 4 bridgehead atoms. The molecule has 1 spiro atoms. The second-order valence-electron chi connectivity index (χ2n) is 14.7. The lowest BCUT2D eigenvalue weighted by molar-refractivity contribution is -0.163. The molecule has 4 heterocycles. The highest BCUT2D eigenvalue weighted by Crippen LogP contribution is 2.58. The number of aliphatic carboxylic acids is 1. The number of benzene rings is 1. The van der Waals surface area contributed by atoms with Crippen LogP contribution in [-0.4, -0.2) is 75.9 Å². The van der Waals surface area contributed by atoms with Crippen molar-refractivity contribution in [2.45, 2.75) is 81.0 Å². The first-order valence-corrected chi connectivity index (χ1v) is 17.4. The summed E-state index contributed by atoms with van der Waals surface area (Å²) in [7, 11) is 0. The number of carbonyl (C=O) groups excluding carboxylic acids is 1. The number of hydrogen-bond donors (Lipinski definition) is 2. The highest BCUT2D eigenvalue weighted by molar-refractivity contribution is 6.13. The number of nitrogens with zero attached hydrogens (tertiary/aromatic N) is 4. The van der Waals surface area contributed by atoms with Gasteiger partial charge in [0, 0.05) is 50.1 Å². The van der Waals surface area contributed by atoms with Gasteiger partial charge in [-0.1, -0.05) is 0 Å². The molecular formula is C34H39ClF3N5O5. The van der Waals surface area contributed by atoms with Crippen LogP contribution in [0.1, 0.15) is 79.4 Å². The number of halogens is 4. The van der Waals surface area contributed by atoms with E-state index in [4.69, 9.17) is 21.3 Å². The van der Waals surface area contributed by atoms with E-state index in [1.54, 1.807) is 9.32 Å². The van der Waals surface area contributed by atoms with Crippen molar-refractivity contribution < 1.29 is 37.3 Å². The smallest absolute Gasteiger partial charge is 0.434 e. The Kier molecular flexibility index (Phi) is 7.83. The first-order valence-electron chi connectivity index (χ1n) is 17.0. The number of ether oxygens (including phenoxy) is 2. The van der Waals surface area contributed by atoms with E-state index in [-0.39, 0.29) is 23.9 Å². The van der Waals surface area contributed by atoms with Crippen molar-refractivity contribution in [3.8, 4) is 5.75 Å². The Morgan fingerprint density at radius 3 is 2.33 bits per heavy atom. The maximum absolute atomic E-state index is 14.7. The summed E-state index contributed by atoms with van der Waals surface area (Å²) < 4.78 is 57.8. The number of fused-ring (bicyclic) bond motifs is 2. The van der Waals surface area contributed by atoms with E-state index < -0.39 is 40.3 Å². The predicted molar refractivity (Wildman–Crippen MR) is 168 cm³/mol. The lowest BCUT2D eigenvalue weighted by atomic mass is 9.48. The van der Waals surface area contributed by atoms with Crippen molar-refractivity contribution in [1.29, 1.82) is 0 Å². The van der Waals surface area contributed by atoms with Crippen LogP contribution in [0.5, 0.6) is 5.75 Å². The molecule has 0 atom stereocenters. The fraction of sp³-hybridized carbons (Fsp3) is 0.647. The van der Waals surface area contributed by atoms with E-state index in [0.717, 1.165) is 44.1 Å². The van der Waals surface area contributed by atoms with Crippen molar-refractivity contribution in [3.05, 3.63) is 41.2 Å². The van der Waals surface area contributed by atoms with Crippen molar-refractivity contribution in [2.75, 3.05) is 37.7 Å². The minimum absolute atomic E-state index is 0.0108. The minimum atomic E-state index is -4.99. The van der Waals surface area contributed by atoms with E-state index in [0.29, 0.717) is 81.6 Å². The minimum Gasteiger partial charge on any atom is -0.490 e. The average molecular weight is 690 g/mol. The third kappa shape index (κ3) is 5.31. The molecule has 3 aliphatic heterocycles. The topological polar surface area (TPSA) is 117 Å². The summed E-state index contributed by atoms with van der Waals surface area (Å²) in [5.41, 5.74) is -2.53. The van der Waals surface area contributed by atoms with Gasteiger partial charge in [-0.25, -0.2) is 19.2 Å². The van der Waals surface area contributed by atoms with E-state index in [2.05, 4.69) is 15.3 Å². The number of nitrogens with one attached hydrogen (secondary N) is 1. The van der Waals surface area contributed by atoms with Gasteiger partial charge in [-0.15, -0.1) is 0 Å². The van der Waals surface area contributed by atoms with Crippen molar-refractivity contribution in [2.24, 2.45) is 23.7 Å². The number of aromatic nitrogens is 2.